The molecule has 3 rings (SSSR count). The highest BCUT2D eigenvalue weighted by molar-refractivity contribution is 7.10. The monoisotopic (exact) mass is 336 g/mol. The van der Waals surface area contributed by atoms with Crippen molar-refractivity contribution in [1.29, 1.82) is 5.26 Å². The highest BCUT2D eigenvalue weighted by Gasteiger charge is 2.37. The van der Waals surface area contributed by atoms with Crippen molar-refractivity contribution in [2.45, 2.75) is 6.18 Å². The van der Waals surface area contributed by atoms with Gasteiger partial charge in [-0.3, -0.25) is 0 Å². The minimum Gasteiger partial charge on any atom is -0.477 e. The van der Waals surface area contributed by atoms with Gasteiger partial charge in [0.2, 0.25) is 0 Å². The quantitative estimate of drug-likeness (QED) is 0.724. The number of hydrogen-bond donors (Lipinski definition) is 2. The summed E-state index contributed by atoms with van der Waals surface area (Å²) in [4.78, 5) is 13.2. The van der Waals surface area contributed by atoms with Crippen LogP contribution in [0.2, 0.25) is 0 Å². The second-order valence-corrected chi connectivity index (χ2v) is 5.63. The summed E-state index contributed by atoms with van der Waals surface area (Å²) >= 11 is 0.497. The first-order chi connectivity index (χ1) is 10.8. The number of benzene rings is 1. The Kier molecular flexibility index (Phi) is 3.38. The van der Waals surface area contributed by atoms with Gasteiger partial charge in [0, 0.05) is 22.0 Å². The van der Waals surface area contributed by atoms with Gasteiger partial charge >= 0.3 is 12.1 Å². The molecular formula is C15H7F3N2O2S. The molecule has 2 aromatic heterocycles. The lowest BCUT2D eigenvalue weighted by Gasteiger charge is -2.08. The standard InChI is InChI=1S/C15H7F3N2O2S/c16-15(17,18)13-8(3-4-23-13)11-9-5-7(6-19)1-2-10(9)20-12(11)14(21)22/h1-5,20H,(H,21,22). The lowest BCUT2D eigenvalue weighted by molar-refractivity contribution is -0.133. The van der Waals surface area contributed by atoms with Crippen molar-refractivity contribution < 1.29 is 23.1 Å². The molecular weight excluding hydrogens is 329 g/mol. The third kappa shape index (κ3) is 2.45. The number of carboxylic acid groups (broad SMARTS) is 1. The molecule has 4 nitrogen and oxygen atoms in total. The van der Waals surface area contributed by atoms with Gasteiger partial charge in [0.25, 0.3) is 0 Å². The Morgan fingerprint density at radius 3 is 2.65 bits per heavy atom. The number of hydrogen-bond acceptors (Lipinski definition) is 3. The van der Waals surface area contributed by atoms with Gasteiger partial charge in [-0.2, -0.15) is 18.4 Å². The number of aromatic amines is 1. The number of carbonyl (C=O) groups is 1. The van der Waals surface area contributed by atoms with E-state index in [-0.39, 0.29) is 27.8 Å². The molecule has 0 fully saturated rings. The molecule has 23 heavy (non-hydrogen) atoms. The zero-order valence-corrected chi connectivity index (χ0v) is 12.0. The molecule has 0 spiro atoms. The smallest absolute Gasteiger partial charge is 0.426 e. The zero-order valence-electron chi connectivity index (χ0n) is 11.2. The van der Waals surface area contributed by atoms with Gasteiger partial charge in [0.05, 0.1) is 11.6 Å². The molecule has 0 bridgehead atoms. The summed E-state index contributed by atoms with van der Waals surface area (Å²) in [6.07, 6.45) is -4.59. The minimum absolute atomic E-state index is 0.0572. The molecule has 3 aromatic rings. The number of nitrogens with zero attached hydrogens (tertiary/aromatic N) is 1. The van der Waals surface area contributed by atoms with Crippen molar-refractivity contribution in [1.82, 2.24) is 4.98 Å². The number of aromatic carboxylic acids is 1. The van der Waals surface area contributed by atoms with E-state index in [0.717, 1.165) is 0 Å². The zero-order chi connectivity index (χ0) is 16.8. The molecule has 116 valence electrons. The summed E-state index contributed by atoms with van der Waals surface area (Å²) in [5.74, 6) is -1.37. The molecule has 2 heterocycles. The van der Waals surface area contributed by atoms with E-state index >= 15 is 0 Å². The first kappa shape index (κ1) is 15.1. The molecule has 0 aliphatic heterocycles. The van der Waals surface area contributed by atoms with Crippen LogP contribution >= 0.6 is 11.3 Å². The van der Waals surface area contributed by atoms with Crippen LogP contribution in [0.4, 0.5) is 13.2 Å². The van der Waals surface area contributed by atoms with Crippen LogP contribution in [0.1, 0.15) is 20.9 Å². The number of nitriles is 1. The van der Waals surface area contributed by atoms with Crippen LogP contribution in [-0.4, -0.2) is 16.1 Å². The van der Waals surface area contributed by atoms with Gasteiger partial charge in [-0.05, 0) is 29.6 Å². The number of rotatable bonds is 2. The summed E-state index contributed by atoms with van der Waals surface area (Å²) in [6.45, 7) is 0. The Morgan fingerprint density at radius 2 is 2.04 bits per heavy atom. The molecule has 0 radical (unpaired) electrons. The van der Waals surface area contributed by atoms with Crippen LogP contribution in [0.15, 0.2) is 29.6 Å². The maximum absolute atomic E-state index is 13.2. The molecule has 0 aliphatic carbocycles. The van der Waals surface area contributed by atoms with Gasteiger partial charge in [-0.15, -0.1) is 11.3 Å². The van der Waals surface area contributed by atoms with Crippen molar-refractivity contribution in [2.24, 2.45) is 0 Å². The molecule has 2 N–H and O–H groups in total. The SMILES string of the molecule is N#Cc1ccc2[nH]c(C(=O)O)c(-c3ccsc3C(F)(F)F)c2c1. The lowest BCUT2D eigenvalue weighted by Crippen LogP contribution is -2.05. The average Bonchev–Trinajstić information content (AvgIpc) is 3.09. The Hall–Kier alpha value is -2.79. The largest absolute Gasteiger partial charge is 0.477 e. The van der Waals surface area contributed by atoms with Crippen molar-refractivity contribution >= 4 is 28.2 Å². The van der Waals surface area contributed by atoms with Crippen molar-refractivity contribution in [2.75, 3.05) is 0 Å². The topological polar surface area (TPSA) is 76.9 Å². The number of alkyl halides is 3. The predicted octanol–water partition coefficient (Wildman–Crippen LogP) is 4.49. The number of halogens is 3. The Morgan fingerprint density at radius 1 is 1.30 bits per heavy atom. The number of aromatic nitrogens is 1. The highest BCUT2D eigenvalue weighted by Crippen LogP contribution is 2.44. The van der Waals surface area contributed by atoms with E-state index in [1.54, 1.807) is 0 Å². The van der Waals surface area contributed by atoms with Crippen molar-refractivity contribution in [3.8, 4) is 17.2 Å². The van der Waals surface area contributed by atoms with E-state index in [1.807, 2.05) is 6.07 Å². The third-order valence-electron chi connectivity index (χ3n) is 3.33. The summed E-state index contributed by atoms with van der Waals surface area (Å²) in [7, 11) is 0. The summed E-state index contributed by atoms with van der Waals surface area (Å²) in [6, 6.07) is 7.45. The molecule has 0 saturated carbocycles. The first-order valence-corrected chi connectivity index (χ1v) is 7.15. The van der Waals surface area contributed by atoms with Gasteiger partial charge in [0.1, 0.15) is 10.6 Å². The van der Waals surface area contributed by atoms with Crippen molar-refractivity contribution in [3.63, 3.8) is 0 Å². The number of fused-ring (bicyclic) bond motifs is 1. The van der Waals surface area contributed by atoms with E-state index < -0.39 is 17.0 Å². The normalized spacial score (nSPS) is 11.6. The summed E-state index contributed by atoms with van der Waals surface area (Å²) in [5, 5.41) is 19.8. The Labute approximate surface area is 131 Å². The second-order valence-electron chi connectivity index (χ2n) is 4.71. The molecule has 0 amide bonds. The molecule has 0 unspecified atom stereocenters. The maximum Gasteiger partial charge on any atom is 0.426 e. The Bertz CT molecular complexity index is 963. The highest BCUT2D eigenvalue weighted by atomic mass is 32.1. The number of H-pyrrole nitrogens is 1. The second kappa shape index (κ2) is 5.14. The molecule has 0 atom stereocenters. The molecule has 8 heteroatoms. The summed E-state index contributed by atoms with van der Waals surface area (Å²) < 4.78 is 39.5. The van der Waals surface area contributed by atoms with E-state index in [2.05, 4.69) is 4.98 Å². The number of nitrogens with one attached hydrogen (secondary N) is 1. The van der Waals surface area contributed by atoms with Gasteiger partial charge in [-0.25, -0.2) is 4.79 Å². The van der Waals surface area contributed by atoms with E-state index in [0.29, 0.717) is 16.9 Å². The number of carboxylic acids is 1. The van der Waals surface area contributed by atoms with Crippen molar-refractivity contribution in [3.05, 3.63) is 45.8 Å². The lowest BCUT2D eigenvalue weighted by atomic mass is 10.0. The third-order valence-corrected chi connectivity index (χ3v) is 4.29. The molecule has 0 saturated heterocycles. The number of thiophene rings is 1. The van der Waals surface area contributed by atoms with Gasteiger partial charge < -0.3 is 10.1 Å². The maximum atomic E-state index is 13.2. The van der Waals surface area contributed by atoms with Gasteiger partial charge in [-0.1, -0.05) is 0 Å². The van der Waals surface area contributed by atoms with Crippen LogP contribution < -0.4 is 0 Å². The fourth-order valence-electron chi connectivity index (χ4n) is 2.43. The van der Waals surface area contributed by atoms with Crippen LogP contribution in [0.25, 0.3) is 22.0 Å². The fourth-order valence-corrected chi connectivity index (χ4v) is 3.20. The van der Waals surface area contributed by atoms with Crippen LogP contribution in [0.5, 0.6) is 0 Å². The molecule has 1 aromatic carbocycles. The molecule has 0 aliphatic rings. The minimum atomic E-state index is -4.59. The van der Waals surface area contributed by atoms with E-state index in [9.17, 15) is 23.1 Å². The average molecular weight is 336 g/mol. The van der Waals surface area contributed by atoms with E-state index in [4.69, 9.17) is 5.26 Å². The van der Waals surface area contributed by atoms with Crippen LogP contribution in [-0.2, 0) is 6.18 Å². The van der Waals surface area contributed by atoms with Crippen LogP contribution in [0, 0.1) is 11.3 Å². The van der Waals surface area contributed by atoms with E-state index in [1.165, 1.54) is 29.6 Å². The van der Waals surface area contributed by atoms with Gasteiger partial charge in [0.15, 0.2) is 0 Å². The fraction of sp³-hybridized carbons (Fsp3) is 0.0667. The summed E-state index contributed by atoms with van der Waals surface area (Å²) in [5.41, 5.74) is -0.00685. The Balaban J connectivity index is 2.40. The predicted molar refractivity (Wildman–Crippen MR) is 78.3 cm³/mol. The first-order valence-electron chi connectivity index (χ1n) is 6.27. The van der Waals surface area contributed by atoms with Crippen LogP contribution in [0.3, 0.4) is 0 Å².